The van der Waals surface area contributed by atoms with Gasteiger partial charge in [0.05, 0.1) is 0 Å². The Balaban J connectivity index is 0. The normalized spacial score (nSPS) is 0. The van der Waals surface area contributed by atoms with Crippen LogP contribution < -0.4 is 0 Å². The molecule has 0 saturated carbocycles. The van der Waals surface area contributed by atoms with Crippen molar-refractivity contribution in [2.45, 2.75) is 0 Å². The van der Waals surface area contributed by atoms with E-state index in [-0.39, 0.29) is 73.0 Å². The van der Waals surface area contributed by atoms with E-state index >= 15 is 0 Å². The highest BCUT2D eigenvalue weighted by molar-refractivity contribution is 5.86. The molecule has 0 aromatic carbocycles. The summed E-state index contributed by atoms with van der Waals surface area (Å²) in [6.07, 6.45) is 0. The second kappa shape index (κ2) is 392. The molecule has 0 radical (unpaired) electrons. The molecule has 0 rings (SSSR count). The van der Waals surface area contributed by atoms with Crippen molar-refractivity contribution >= 4 is 49.6 Å². The molecule has 4 nitrogen and oxygen atoms in total. The fraction of sp³-hybridized carbons (Fsp3) is 0. The van der Waals surface area contributed by atoms with Crippen molar-refractivity contribution in [2.75, 3.05) is 0 Å². The molecule has 0 bridgehead atoms. The van der Waals surface area contributed by atoms with Gasteiger partial charge in [-0.1, -0.05) is 0 Å². The Morgan fingerprint density at radius 3 is 0.375 bits per heavy atom. The van der Waals surface area contributed by atoms with Crippen LogP contribution in [-0.4, -0.2) is 21.9 Å². The van der Waals surface area contributed by atoms with Gasteiger partial charge in [0.2, 0.25) is 0 Å². The van der Waals surface area contributed by atoms with Crippen molar-refractivity contribution in [3.05, 3.63) is 0 Å². The Morgan fingerprint density at radius 1 is 0.375 bits per heavy atom. The molecular formula is H13Cl4O4+. The zero-order valence-corrected chi connectivity index (χ0v) is 6.90. The second-order valence-corrected chi connectivity index (χ2v) is 0. The van der Waals surface area contributed by atoms with Gasteiger partial charge < -0.3 is 21.9 Å². The summed E-state index contributed by atoms with van der Waals surface area (Å²) in [5, 5.41) is 0. The lowest BCUT2D eigenvalue weighted by Crippen LogP contribution is -0.290. The third-order valence-corrected chi connectivity index (χ3v) is 0. The topological polar surface area (TPSA) is 126 Å². The predicted molar refractivity (Wildman–Crippen MR) is 44.6 cm³/mol. The Labute approximate surface area is 73.4 Å². The Bertz CT molecular complexity index is 12.5. The van der Waals surface area contributed by atoms with Crippen molar-refractivity contribution in [2.24, 2.45) is 0 Å². The van der Waals surface area contributed by atoms with Crippen LogP contribution >= 0.6 is 49.6 Å². The van der Waals surface area contributed by atoms with E-state index in [4.69, 9.17) is 0 Å². The van der Waals surface area contributed by atoms with Crippen LogP contribution in [0.1, 0.15) is 1.43 Å². The summed E-state index contributed by atoms with van der Waals surface area (Å²) in [7, 11) is 0. The maximum absolute atomic E-state index is 0. The van der Waals surface area contributed by atoms with Gasteiger partial charge in [-0.3, -0.25) is 0 Å². The molecule has 8 heavy (non-hydrogen) atoms. The van der Waals surface area contributed by atoms with Gasteiger partial charge in [-0.2, -0.15) is 0 Å². The summed E-state index contributed by atoms with van der Waals surface area (Å²) < 4.78 is 0. The maximum Gasteiger partial charge on any atom is 1.00 e. The summed E-state index contributed by atoms with van der Waals surface area (Å²) in [5.41, 5.74) is 0. The number of halogens is 4. The molecule has 0 spiro atoms. The van der Waals surface area contributed by atoms with Gasteiger partial charge in [0.15, 0.2) is 0 Å². The predicted octanol–water partition coefficient (Wildman–Crippen LogP) is -1.50. The fourth-order valence-electron chi connectivity index (χ4n) is 0. The van der Waals surface area contributed by atoms with Crippen LogP contribution in [0.4, 0.5) is 0 Å². The zero-order chi connectivity index (χ0) is 0. The zero-order valence-electron chi connectivity index (χ0n) is 4.63. The van der Waals surface area contributed by atoms with Gasteiger partial charge in [0.1, 0.15) is 0 Å². The van der Waals surface area contributed by atoms with Crippen molar-refractivity contribution in [1.29, 1.82) is 0 Å². The second-order valence-electron chi connectivity index (χ2n) is 0. The average molecular weight is 219 g/mol. The molecule has 64 valence electrons. The van der Waals surface area contributed by atoms with Gasteiger partial charge in [-0.05, 0) is 0 Å². The van der Waals surface area contributed by atoms with Crippen molar-refractivity contribution in [1.82, 2.24) is 0 Å². The summed E-state index contributed by atoms with van der Waals surface area (Å²) >= 11 is 0. The smallest absolute Gasteiger partial charge is 0.412 e. The van der Waals surface area contributed by atoms with Crippen LogP contribution in [0, 0.1) is 0 Å². The first-order valence-corrected chi connectivity index (χ1v) is 0. The largest absolute Gasteiger partial charge is 1.00 e. The number of hydrogen-bond acceptors (Lipinski definition) is 0. The van der Waals surface area contributed by atoms with E-state index in [9.17, 15) is 0 Å². The van der Waals surface area contributed by atoms with Crippen molar-refractivity contribution in [3.63, 3.8) is 0 Å². The fourth-order valence-corrected chi connectivity index (χ4v) is 0. The van der Waals surface area contributed by atoms with Crippen LogP contribution in [0.5, 0.6) is 0 Å². The molecule has 0 saturated heterocycles. The van der Waals surface area contributed by atoms with Gasteiger partial charge in [-0.15, -0.1) is 49.6 Å². The third-order valence-electron chi connectivity index (χ3n) is 0. The van der Waals surface area contributed by atoms with Gasteiger partial charge in [0.25, 0.3) is 0 Å². The van der Waals surface area contributed by atoms with Crippen LogP contribution in [0.15, 0.2) is 0 Å². The highest BCUT2D eigenvalue weighted by Gasteiger charge is -0.144. The van der Waals surface area contributed by atoms with E-state index in [1.165, 1.54) is 0 Å². The molecule has 0 atom stereocenters. The summed E-state index contributed by atoms with van der Waals surface area (Å²) in [4.78, 5) is 0. The van der Waals surface area contributed by atoms with E-state index in [1.54, 1.807) is 0 Å². The molecule has 0 aromatic heterocycles. The van der Waals surface area contributed by atoms with Crippen LogP contribution in [0.25, 0.3) is 0 Å². The molecule has 0 heterocycles. The minimum Gasteiger partial charge on any atom is -0.412 e. The minimum atomic E-state index is 0. The highest BCUT2D eigenvalue weighted by Crippen LogP contribution is 0.693. The summed E-state index contributed by atoms with van der Waals surface area (Å²) in [6.45, 7) is 0. The molecule has 0 aromatic rings. The molecule has 0 amide bonds. The van der Waals surface area contributed by atoms with E-state index in [0.29, 0.717) is 0 Å². The number of hydrogen-bond donors (Lipinski definition) is 0. The molecule has 8 N–H and O–H groups in total. The lowest BCUT2D eigenvalue weighted by atomic mass is 16.0. The Morgan fingerprint density at radius 2 is 0.375 bits per heavy atom. The van der Waals surface area contributed by atoms with Gasteiger partial charge >= 0.3 is 1.43 Å². The van der Waals surface area contributed by atoms with E-state index < -0.39 is 0 Å². The summed E-state index contributed by atoms with van der Waals surface area (Å²) in [5.74, 6) is 0. The van der Waals surface area contributed by atoms with E-state index in [0.717, 1.165) is 0 Å². The first-order chi connectivity index (χ1) is 0. The molecule has 0 aliphatic carbocycles. The monoisotopic (exact) mass is 217 g/mol. The van der Waals surface area contributed by atoms with Gasteiger partial charge in [0, 0.05) is 0 Å². The lowest BCUT2D eigenvalue weighted by Gasteiger charge is -0.413. The van der Waals surface area contributed by atoms with Crippen LogP contribution in [0.2, 0.25) is 0 Å². The molecule has 0 unspecified atom stereocenters. The van der Waals surface area contributed by atoms with Crippen LogP contribution in [0.3, 0.4) is 0 Å². The first kappa shape index (κ1) is 576. The van der Waals surface area contributed by atoms with Crippen molar-refractivity contribution < 1.29 is 23.3 Å². The Hall–Kier alpha value is 1.000. The van der Waals surface area contributed by atoms with E-state index in [1.807, 2.05) is 0 Å². The quantitative estimate of drug-likeness (QED) is 0.470. The first-order valence-electron chi connectivity index (χ1n) is 0. The number of rotatable bonds is 0. The average Bonchev–Trinajstić information content (AvgIpc) is 0. The van der Waals surface area contributed by atoms with Crippen molar-refractivity contribution in [3.8, 4) is 0 Å². The highest BCUT2D eigenvalue weighted by atomic mass is 35.5. The van der Waals surface area contributed by atoms with Gasteiger partial charge in [-0.25, -0.2) is 0 Å². The van der Waals surface area contributed by atoms with E-state index in [2.05, 4.69) is 0 Å². The standard InChI is InChI=1S/4ClH.4H2O/h4*1H;4*1H2/p+1. The molecule has 0 aliphatic heterocycles. The summed E-state index contributed by atoms with van der Waals surface area (Å²) in [6, 6.07) is 0. The SMILES string of the molecule is Cl.Cl.Cl.Cl.O.O.O.O.[H+]. The minimum absolute atomic E-state index is 0. The Kier molecular flexibility index (Phi) is 28200. The van der Waals surface area contributed by atoms with Crippen LogP contribution in [-0.2, 0) is 0 Å². The molecule has 0 fully saturated rings. The molecule has 0 aliphatic rings. The lowest BCUT2D eigenvalue weighted by molar-refractivity contribution is 0.823. The third kappa shape index (κ3) is 252. The molecule has 8 heteroatoms. The molecular weight excluding hydrogens is 206 g/mol. The maximum atomic E-state index is 0.